The van der Waals surface area contributed by atoms with E-state index in [4.69, 9.17) is 23.2 Å². The van der Waals surface area contributed by atoms with Crippen LogP contribution in [0.5, 0.6) is 0 Å². The second kappa shape index (κ2) is 7.11. The van der Waals surface area contributed by atoms with E-state index in [1.54, 1.807) is 30.3 Å². The Morgan fingerprint density at radius 3 is 2.33 bits per heavy atom. The van der Waals surface area contributed by atoms with Crippen molar-refractivity contribution in [3.63, 3.8) is 0 Å². The van der Waals surface area contributed by atoms with Crippen LogP contribution in [0.15, 0.2) is 40.9 Å². The molecule has 0 aromatic heterocycles. The molecule has 0 unspecified atom stereocenters. The lowest BCUT2D eigenvalue weighted by atomic mass is 10.3. The van der Waals surface area contributed by atoms with Gasteiger partial charge in [-0.15, -0.1) is 0 Å². The topological polar surface area (TPSA) is 41.1 Å². The molecule has 0 atom stereocenters. The Hall–Kier alpha value is -1.30. The number of hydrogen-bond acceptors (Lipinski definition) is 2. The number of hydrogen-bond donors (Lipinski definition) is 2. The number of halogens is 4. The fourth-order valence-electron chi connectivity index (χ4n) is 1.64. The third kappa shape index (κ3) is 4.09. The van der Waals surface area contributed by atoms with E-state index in [0.29, 0.717) is 20.2 Å². The predicted octanol–water partition coefficient (Wildman–Crippen LogP) is 4.95. The number of nitrogens with one attached hydrogen (secondary N) is 2. The van der Waals surface area contributed by atoms with Crippen LogP contribution in [0.2, 0.25) is 10.0 Å². The van der Waals surface area contributed by atoms with Crippen LogP contribution in [0.3, 0.4) is 0 Å². The highest BCUT2D eigenvalue weighted by Gasteiger charge is 2.11. The maximum absolute atomic E-state index is 13.6. The molecule has 2 aromatic rings. The largest absolute Gasteiger partial charge is 0.373 e. The van der Waals surface area contributed by atoms with Gasteiger partial charge in [0.05, 0.1) is 28.0 Å². The minimum Gasteiger partial charge on any atom is -0.373 e. The summed E-state index contributed by atoms with van der Waals surface area (Å²) in [5.74, 6) is -0.840. The van der Waals surface area contributed by atoms with E-state index in [2.05, 4.69) is 26.6 Å². The van der Waals surface area contributed by atoms with Gasteiger partial charge in [0.15, 0.2) is 0 Å². The van der Waals surface area contributed by atoms with Crippen molar-refractivity contribution in [3.05, 3.63) is 56.7 Å². The molecule has 3 nitrogen and oxygen atoms in total. The molecule has 0 aliphatic rings. The van der Waals surface area contributed by atoms with Gasteiger partial charge in [-0.2, -0.15) is 0 Å². The van der Waals surface area contributed by atoms with Crippen molar-refractivity contribution in [3.8, 4) is 0 Å². The van der Waals surface area contributed by atoms with E-state index in [-0.39, 0.29) is 18.1 Å². The van der Waals surface area contributed by atoms with Gasteiger partial charge < -0.3 is 10.6 Å². The summed E-state index contributed by atoms with van der Waals surface area (Å²) in [7, 11) is 0. The van der Waals surface area contributed by atoms with Crippen LogP contribution < -0.4 is 10.6 Å². The highest BCUT2D eigenvalue weighted by atomic mass is 79.9. The van der Waals surface area contributed by atoms with Gasteiger partial charge in [-0.05, 0) is 40.2 Å². The van der Waals surface area contributed by atoms with E-state index in [1.165, 1.54) is 6.07 Å². The minimum atomic E-state index is -0.451. The van der Waals surface area contributed by atoms with E-state index in [1.807, 2.05) is 0 Å². The van der Waals surface area contributed by atoms with E-state index in [0.717, 1.165) is 0 Å². The smallest absolute Gasteiger partial charge is 0.243 e. The first-order chi connectivity index (χ1) is 9.99. The Labute approximate surface area is 139 Å². The van der Waals surface area contributed by atoms with Crippen LogP contribution in [0.1, 0.15) is 0 Å². The predicted molar refractivity (Wildman–Crippen MR) is 87.7 cm³/mol. The number of carbonyl (C=O) groups is 1. The van der Waals surface area contributed by atoms with Crippen molar-refractivity contribution in [2.45, 2.75) is 0 Å². The van der Waals surface area contributed by atoms with E-state index < -0.39 is 5.82 Å². The van der Waals surface area contributed by atoms with Crippen molar-refractivity contribution in [1.82, 2.24) is 0 Å². The number of rotatable bonds is 4. The fourth-order valence-corrected chi connectivity index (χ4v) is 2.61. The highest BCUT2D eigenvalue weighted by molar-refractivity contribution is 9.10. The highest BCUT2D eigenvalue weighted by Crippen LogP contribution is 2.30. The molecule has 2 N–H and O–H groups in total. The van der Waals surface area contributed by atoms with Gasteiger partial charge in [-0.25, -0.2) is 4.39 Å². The van der Waals surface area contributed by atoms with Gasteiger partial charge in [0.1, 0.15) is 5.82 Å². The zero-order valence-electron chi connectivity index (χ0n) is 10.6. The molecule has 0 saturated carbocycles. The van der Waals surface area contributed by atoms with Gasteiger partial charge in [0, 0.05) is 4.47 Å². The number of amides is 1. The second-order valence-corrected chi connectivity index (χ2v) is 5.76. The monoisotopic (exact) mass is 390 g/mol. The molecule has 0 fully saturated rings. The minimum absolute atomic E-state index is 0.124. The standard InChI is InChI=1S/C14H10BrCl2FN2O/c15-8-3-1-6-11(18)13(8)19-7-12(21)20-14-9(16)4-2-5-10(14)17/h1-6,19H,7H2,(H,20,21). The first kappa shape index (κ1) is 16.1. The molecule has 21 heavy (non-hydrogen) atoms. The Kier molecular flexibility index (Phi) is 5.45. The molecule has 7 heteroatoms. The summed E-state index contributed by atoms with van der Waals surface area (Å²) in [5, 5.41) is 5.98. The Bertz CT molecular complexity index is 642. The van der Waals surface area contributed by atoms with E-state index in [9.17, 15) is 9.18 Å². The number of para-hydroxylation sites is 2. The first-order valence-electron chi connectivity index (χ1n) is 5.91. The van der Waals surface area contributed by atoms with Crippen molar-refractivity contribution in [1.29, 1.82) is 0 Å². The molecular formula is C14H10BrCl2FN2O. The third-order valence-electron chi connectivity index (χ3n) is 2.62. The Morgan fingerprint density at radius 1 is 1.10 bits per heavy atom. The average Bonchev–Trinajstić information content (AvgIpc) is 2.42. The lowest BCUT2D eigenvalue weighted by molar-refractivity contribution is -0.114. The molecule has 110 valence electrons. The summed E-state index contributed by atoms with van der Waals surface area (Å²) in [6.07, 6.45) is 0. The second-order valence-electron chi connectivity index (χ2n) is 4.10. The van der Waals surface area contributed by atoms with Crippen molar-refractivity contribution in [2.75, 3.05) is 17.2 Å². The fraction of sp³-hybridized carbons (Fsp3) is 0.0714. The molecule has 0 heterocycles. The molecular weight excluding hydrogens is 382 g/mol. The Morgan fingerprint density at radius 2 is 1.71 bits per heavy atom. The Balaban J connectivity index is 2.03. The van der Waals surface area contributed by atoms with Crippen LogP contribution >= 0.6 is 39.1 Å². The van der Waals surface area contributed by atoms with Crippen molar-refractivity contribution < 1.29 is 9.18 Å². The molecule has 0 bridgehead atoms. The molecule has 0 aliphatic heterocycles. The number of anilines is 2. The van der Waals surface area contributed by atoms with Crippen LogP contribution in [0.25, 0.3) is 0 Å². The maximum atomic E-state index is 13.6. The molecule has 2 aromatic carbocycles. The molecule has 2 rings (SSSR count). The first-order valence-corrected chi connectivity index (χ1v) is 7.45. The van der Waals surface area contributed by atoms with E-state index >= 15 is 0 Å². The SMILES string of the molecule is O=C(CNc1c(F)cccc1Br)Nc1c(Cl)cccc1Cl. The van der Waals surface area contributed by atoms with Crippen LogP contribution in [0.4, 0.5) is 15.8 Å². The van der Waals surface area contributed by atoms with Gasteiger partial charge in [0.2, 0.25) is 5.91 Å². The number of benzene rings is 2. The summed E-state index contributed by atoms with van der Waals surface area (Å²) in [5.41, 5.74) is 0.554. The summed E-state index contributed by atoms with van der Waals surface area (Å²) in [6, 6.07) is 9.45. The normalized spacial score (nSPS) is 10.3. The summed E-state index contributed by atoms with van der Waals surface area (Å²) in [6.45, 7) is -0.124. The molecule has 1 amide bonds. The molecule has 0 spiro atoms. The van der Waals surface area contributed by atoms with Gasteiger partial charge in [-0.1, -0.05) is 35.3 Å². The average molecular weight is 392 g/mol. The lowest BCUT2D eigenvalue weighted by Crippen LogP contribution is -2.22. The zero-order valence-corrected chi connectivity index (χ0v) is 13.7. The van der Waals surface area contributed by atoms with Crippen molar-refractivity contribution >= 4 is 56.4 Å². The summed E-state index contributed by atoms with van der Waals surface area (Å²) >= 11 is 15.1. The molecule has 0 radical (unpaired) electrons. The summed E-state index contributed by atoms with van der Waals surface area (Å²) < 4.78 is 14.1. The van der Waals surface area contributed by atoms with Crippen LogP contribution in [-0.4, -0.2) is 12.5 Å². The van der Waals surface area contributed by atoms with Crippen LogP contribution in [-0.2, 0) is 4.79 Å². The maximum Gasteiger partial charge on any atom is 0.243 e. The van der Waals surface area contributed by atoms with Crippen LogP contribution in [0, 0.1) is 5.82 Å². The summed E-state index contributed by atoms with van der Waals surface area (Å²) in [4.78, 5) is 11.9. The lowest BCUT2D eigenvalue weighted by Gasteiger charge is -2.11. The number of carbonyl (C=O) groups excluding carboxylic acids is 1. The zero-order chi connectivity index (χ0) is 15.4. The molecule has 0 saturated heterocycles. The van der Waals surface area contributed by atoms with Gasteiger partial charge in [0.25, 0.3) is 0 Å². The quantitative estimate of drug-likeness (QED) is 0.774. The van der Waals surface area contributed by atoms with Gasteiger partial charge in [-0.3, -0.25) is 4.79 Å². The molecule has 0 aliphatic carbocycles. The van der Waals surface area contributed by atoms with Gasteiger partial charge >= 0.3 is 0 Å². The third-order valence-corrected chi connectivity index (χ3v) is 3.91. The van der Waals surface area contributed by atoms with Crippen molar-refractivity contribution in [2.24, 2.45) is 0 Å².